The number of aromatic nitrogens is 2. The van der Waals surface area contributed by atoms with Crippen LogP contribution >= 0.6 is 0 Å². The quantitative estimate of drug-likeness (QED) is 0.545. The van der Waals surface area contributed by atoms with E-state index in [0.29, 0.717) is 11.5 Å². The van der Waals surface area contributed by atoms with Crippen molar-refractivity contribution in [3.63, 3.8) is 0 Å². The van der Waals surface area contributed by atoms with E-state index in [1.807, 2.05) is 0 Å². The average Bonchev–Trinajstić information content (AvgIpc) is 2.82. The summed E-state index contributed by atoms with van der Waals surface area (Å²) in [5.41, 5.74) is 0.695. The van der Waals surface area contributed by atoms with Crippen LogP contribution < -0.4 is 0 Å². The summed E-state index contributed by atoms with van der Waals surface area (Å²) in [7, 11) is 0. The summed E-state index contributed by atoms with van der Waals surface area (Å²) in [4.78, 5) is 4.05. The first-order chi connectivity index (χ1) is 8.47. The fraction of sp³-hybridized carbons (Fsp3) is 0.727. The molecule has 1 saturated heterocycles. The van der Waals surface area contributed by atoms with E-state index in [1.165, 1.54) is 4.57 Å². The monoisotopic (exact) mass is 258 g/mol. The van der Waals surface area contributed by atoms with E-state index in [9.17, 15) is 15.3 Å². The Kier molecular flexibility index (Phi) is 3.69. The second-order valence-electron chi connectivity index (χ2n) is 4.53. The molecule has 4 N–H and O–H groups in total. The molecular formula is C11H18N2O5. The molecule has 18 heavy (non-hydrogen) atoms. The molecule has 0 bridgehead atoms. The number of imidazole rings is 1. The Morgan fingerprint density at radius 1 is 1.44 bits per heavy atom. The van der Waals surface area contributed by atoms with Gasteiger partial charge in [0, 0.05) is 11.9 Å². The van der Waals surface area contributed by atoms with Crippen LogP contribution in [0.3, 0.4) is 0 Å². The van der Waals surface area contributed by atoms with Crippen LogP contribution in [0.15, 0.2) is 6.20 Å². The lowest BCUT2D eigenvalue weighted by Crippen LogP contribution is -2.33. The molecule has 2 heterocycles. The van der Waals surface area contributed by atoms with Gasteiger partial charge in [-0.15, -0.1) is 0 Å². The standard InChI is InChI=1S/C11H18N2O5/c1-5-3-12-10(6(2)15)13(5)11-9(17)8(16)7(4-14)18-11/h3,6-9,11,14-17H,4H2,1-2H3/t6?,7-,8-,9-,11-/m1/s1. The van der Waals surface area contributed by atoms with Crippen molar-refractivity contribution in [2.24, 2.45) is 0 Å². The molecule has 1 aliphatic rings. The minimum absolute atomic E-state index is 0.349. The highest BCUT2D eigenvalue weighted by atomic mass is 16.6. The highest BCUT2D eigenvalue weighted by Gasteiger charge is 2.44. The first-order valence-electron chi connectivity index (χ1n) is 5.81. The predicted molar refractivity (Wildman–Crippen MR) is 60.6 cm³/mol. The summed E-state index contributed by atoms with van der Waals surface area (Å²) in [6.07, 6.45) is -3.30. The third-order valence-corrected chi connectivity index (χ3v) is 3.16. The Morgan fingerprint density at radius 2 is 2.11 bits per heavy atom. The van der Waals surface area contributed by atoms with Gasteiger partial charge in [-0.25, -0.2) is 4.98 Å². The smallest absolute Gasteiger partial charge is 0.164 e. The van der Waals surface area contributed by atoms with Crippen LogP contribution in [0.1, 0.15) is 30.8 Å². The zero-order chi connectivity index (χ0) is 13.4. The molecule has 0 amide bonds. The van der Waals surface area contributed by atoms with E-state index in [4.69, 9.17) is 9.84 Å². The van der Waals surface area contributed by atoms with Gasteiger partial charge in [-0.1, -0.05) is 0 Å². The molecule has 1 aliphatic heterocycles. The third kappa shape index (κ3) is 2.04. The van der Waals surface area contributed by atoms with Gasteiger partial charge in [-0.3, -0.25) is 0 Å². The predicted octanol–water partition coefficient (Wildman–Crippen LogP) is -1.14. The van der Waals surface area contributed by atoms with Gasteiger partial charge in [0.05, 0.1) is 6.61 Å². The van der Waals surface area contributed by atoms with Crippen molar-refractivity contribution in [1.29, 1.82) is 0 Å². The van der Waals surface area contributed by atoms with Crippen LogP contribution in [0.5, 0.6) is 0 Å². The fourth-order valence-electron chi connectivity index (χ4n) is 2.20. The van der Waals surface area contributed by atoms with Gasteiger partial charge in [0.2, 0.25) is 0 Å². The summed E-state index contributed by atoms with van der Waals surface area (Å²) < 4.78 is 6.95. The largest absolute Gasteiger partial charge is 0.394 e. The van der Waals surface area contributed by atoms with Gasteiger partial charge >= 0.3 is 0 Å². The van der Waals surface area contributed by atoms with Gasteiger partial charge in [-0.2, -0.15) is 0 Å². The topological polar surface area (TPSA) is 108 Å². The van der Waals surface area contributed by atoms with Crippen LogP contribution in [-0.2, 0) is 4.74 Å². The van der Waals surface area contributed by atoms with Crippen LogP contribution in [-0.4, -0.2) is 54.9 Å². The van der Waals surface area contributed by atoms with Gasteiger partial charge in [0.1, 0.15) is 30.2 Å². The zero-order valence-electron chi connectivity index (χ0n) is 10.3. The van der Waals surface area contributed by atoms with Gasteiger partial charge in [-0.05, 0) is 13.8 Å². The lowest BCUT2D eigenvalue weighted by molar-refractivity contribution is -0.0570. The molecule has 7 heteroatoms. The van der Waals surface area contributed by atoms with Crippen molar-refractivity contribution >= 4 is 0 Å². The van der Waals surface area contributed by atoms with Crippen LogP contribution in [0.25, 0.3) is 0 Å². The molecule has 2 rings (SSSR count). The third-order valence-electron chi connectivity index (χ3n) is 3.16. The maximum absolute atomic E-state index is 9.95. The molecular weight excluding hydrogens is 240 g/mol. The second kappa shape index (κ2) is 4.94. The maximum atomic E-state index is 9.95. The number of nitrogens with zero attached hydrogens (tertiary/aromatic N) is 2. The van der Waals surface area contributed by atoms with Crippen LogP contribution in [0, 0.1) is 6.92 Å². The van der Waals surface area contributed by atoms with Crippen molar-refractivity contribution in [1.82, 2.24) is 9.55 Å². The molecule has 1 fully saturated rings. The highest BCUT2D eigenvalue weighted by molar-refractivity contribution is 5.09. The number of aliphatic hydroxyl groups excluding tert-OH is 4. The highest BCUT2D eigenvalue weighted by Crippen LogP contribution is 2.32. The lowest BCUT2D eigenvalue weighted by Gasteiger charge is -2.21. The molecule has 0 radical (unpaired) electrons. The van der Waals surface area contributed by atoms with E-state index < -0.39 is 30.6 Å². The number of aryl methyl sites for hydroxylation is 1. The normalized spacial score (nSPS) is 33.9. The Morgan fingerprint density at radius 3 is 2.61 bits per heavy atom. The molecule has 1 unspecified atom stereocenters. The summed E-state index contributed by atoms with van der Waals surface area (Å²) in [5.74, 6) is 0.349. The van der Waals surface area contributed by atoms with Crippen LogP contribution in [0.2, 0.25) is 0 Å². The summed E-state index contributed by atoms with van der Waals surface area (Å²) in [6.45, 7) is 2.93. The summed E-state index contributed by atoms with van der Waals surface area (Å²) >= 11 is 0. The van der Waals surface area contributed by atoms with Gasteiger partial charge < -0.3 is 29.7 Å². The molecule has 1 aromatic rings. The maximum Gasteiger partial charge on any atom is 0.164 e. The number of ether oxygens (including phenoxy) is 1. The van der Waals surface area contributed by atoms with Gasteiger partial charge in [0.25, 0.3) is 0 Å². The first kappa shape index (κ1) is 13.4. The van der Waals surface area contributed by atoms with E-state index in [-0.39, 0.29) is 6.61 Å². The molecule has 0 aromatic carbocycles. The Balaban J connectivity index is 2.35. The number of aliphatic hydroxyl groups is 4. The Bertz CT molecular complexity index is 420. The molecule has 102 valence electrons. The minimum atomic E-state index is -1.17. The first-order valence-corrected chi connectivity index (χ1v) is 5.81. The van der Waals surface area contributed by atoms with E-state index in [1.54, 1.807) is 20.0 Å². The van der Waals surface area contributed by atoms with Crippen LogP contribution in [0.4, 0.5) is 0 Å². The van der Waals surface area contributed by atoms with Crippen molar-refractivity contribution in [3.05, 3.63) is 17.7 Å². The number of hydrogen-bond acceptors (Lipinski definition) is 6. The SMILES string of the molecule is Cc1cnc(C(C)O)n1[C@@H]1O[C@H](CO)[C@@H](O)[C@H]1O. The molecule has 0 spiro atoms. The fourth-order valence-corrected chi connectivity index (χ4v) is 2.20. The van der Waals surface area contributed by atoms with Crippen molar-refractivity contribution < 1.29 is 25.2 Å². The zero-order valence-corrected chi connectivity index (χ0v) is 10.3. The molecule has 1 aromatic heterocycles. The van der Waals surface area contributed by atoms with Crippen molar-refractivity contribution in [3.8, 4) is 0 Å². The number of hydrogen-bond donors (Lipinski definition) is 4. The molecule has 0 saturated carbocycles. The second-order valence-corrected chi connectivity index (χ2v) is 4.53. The Labute approximate surface area is 104 Å². The van der Waals surface area contributed by atoms with Crippen molar-refractivity contribution in [2.45, 2.75) is 44.5 Å². The lowest BCUT2D eigenvalue weighted by atomic mass is 10.1. The molecule has 5 atom stereocenters. The van der Waals surface area contributed by atoms with E-state index >= 15 is 0 Å². The summed E-state index contributed by atoms with van der Waals surface area (Å²) in [5, 5.41) is 38.3. The van der Waals surface area contributed by atoms with E-state index in [0.717, 1.165) is 0 Å². The minimum Gasteiger partial charge on any atom is -0.394 e. The Hall–Kier alpha value is -0.990. The van der Waals surface area contributed by atoms with Gasteiger partial charge in [0.15, 0.2) is 6.23 Å². The van der Waals surface area contributed by atoms with E-state index in [2.05, 4.69) is 4.98 Å². The number of rotatable bonds is 3. The molecule has 7 nitrogen and oxygen atoms in total. The van der Waals surface area contributed by atoms with Crippen molar-refractivity contribution in [2.75, 3.05) is 6.61 Å². The molecule has 0 aliphatic carbocycles. The average molecular weight is 258 g/mol. The summed E-state index contributed by atoms with van der Waals surface area (Å²) in [6, 6.07) is 0.